The maximum absolute atomic E-state index is 12.9. The van der Waals surface area contributed by atoms with Crippen molar-refractivity contribution in [3.8, 4) is 0 Å². The van der Waals surface area contributed by atoms with Crippen LogP contribution in [0.2, 0.25) is 0 Å². The molecule has 0 fully saturated rings. The van der Waals surface area contributed by atoms with Crippen LogP contribution in [-0.2, 0) is 6.18 Å². The number of pyridine rings is 2. The second kappa shape index (κ2) is 8.19. The minimum atomic E-state index is -4.70. The van der Waals surface area contributed by atoms with E-state index < -0.39 is 34.8 Å². The molecule has 0 radical (unpaired) electrons. The molecule has 2 aromatic heterocycles. The Labute approximate surface area is 168 Å². The van der Waals surface area contributed by atoms with Crippen LogP contribution in [0.1, 0.15) is 31.8 Å². The highest BCUT2D eigenvalue weighted by Gasteiger charge is 2.31. The number of nitrogens with zero attached hydrogens (tertiary/aromatic N) is 1. The first kappa shape index (κ1) is 20.8. The van der Waals surface area contributed by atoms with Gasteiger partial charge in [-0.1, -0.05) is 12.1 Å². The Kier molecular flexibility index (Phi) is 5.67. The van der Waals surface area contributed by atoms with Gasteiger partial charge in [-0.15, -0.1) is 0 Å². The van der Waals surface area contributed by atoms with Gasteiger partial charge < -0.3 is 15.6 Å². The summed E-state index contributed by atoms with van der Waals surface area (Å²) in [7, 11) is 0. The fourth-order valence-corrected chi connectivity index (χ4v) is 2.64. The number of benzene rings is 1. The molecular weight excluding hydrogens is 401 g/mol. The lowest BCUT2D eigenvalue weighted by Crippen LogP contribution is -2.23. The molecule has 0 saturated carbocycles. The van der Waals surface area contributed by atoms with Crippen molar-refractivity contribution in [2.24, 2.45) is 0 Å². The van der Waals surface area contributed by atoms with Gasteiger partial charge in [-0.25, -0.2) is 0 Å². The topological polar surface area (TPSA) is 104 Å². The van der Waals surface area contributed by atoms with Gasteiger partial charge >= 0.3 is 6.18 Å². The van der Waals surface area contributed by atoms with E-state index in [1.54, 1.807) is 19.1 Å². The Bertz CT molecular complexity index is 1160. The number of carbonyl (C=O) groups is 2. The Balaban J connectivity index is 1.92. The molecular formula is C20H15F3N4O3. The highest BCUT2D eigenvalue weighted by molar-refractivity contribution is 6.13. The number of carbonyl (C=O) groups excluding carboxylic acids is 2. The third kappa shape index (κ3) is 4.54. The van der Waals surface area contributed by atoms with Gasteiger partial charge in [-0.2, -0.15) is 13.2 Å². The molecule has 0 aliphatic heterocycles. The van der Waals surface area contributed by atoms with Gasteiger partial charge in [0.2, 0.25) is 0 Å². The number of para-hydroxylation sites is 1. The molecule has 2 heterocycles. The Morgan fingerprint density at radius 3 is 2.40 bits per heavy atom. The fourth-order valence-electron chi connectivity index (χ4n) is 2.64. The number of hydrogen-bond acceptors (Lipinski definition) is 4. The summed E-state index contributed by atoms with van der Waals surface area (Å²) in [6.07, 6.45) is -1.32. The monoisotopic (exact) mass is 416 g/mol. The van der Waals surface area contributed by atoms with E-state index in [4.69, 9.17) is 0 Å². The van der Waals surface area contributed by atoms with E-state index in [9.17, 15) is 27.6 Å². The third-order valence-corrected chi connectivity index (χ3v) is 4.18. The van der Waals surface area contributed by atoms with Gasteiger partial charge in [0, 0.05) is 24.2 Å². The number of hydrogen-bond donors (Lipinski definition) is 3. The zero-order valence-corrected chi connectivity index (χ0v) is 15.5. The molecule has 0 unspecified atom stereocenters. The number of aromatic amines is 1. The van der Waals surface area contributed by atoms with Crippen LogP contribution in [-0.4, -0.2) is 21.8 Å². The predicted octanol–water partition coefficient (Wildman–Crippen LogP) is 3.60. The molecule has 0 aliphatic carbocycles. The average molecular weight is 416 g/mol. The van der Waals surface area contributed by atoms with Gasteiger partial charge in [-0.3, -0.25) is 19.4 Å². The summed E-state index contributed by atoms with van der Waals surface area (Å²) in [6.45, 7) is 1.65. The SMILES string of the molecule is Cc1cccc(C(=O)Nc2cc(C(F)(F)F)c[nH]c2=O)c1NC(=O)c1ccncc1. The number of nitrogens with one attached hydrogen (secondary N) is 3. The van der Waals surface area contributed by atoms with E-state index in [-0.39, 0.29) is 11.3 Å². The number of H-pyrrole nitrogens is 1. The highest BCUT2D eigenvalue weighted by atomic mass is 19.4. The van der Waals surface area contributed by atoms with Crippen molar-refractivity contribution >= 4 is 23.2 Å². The lowest BCUT2D eigenvalue weighted by atomic mass is 10.1. The summed E-state index contributed by atoms with van der Waals surface area (Å²) in [5.41, 5.74) is -1.59. The molecule has 2 amide bonds. The number of aryl methyl sites for hydroxylation is 1. The van der Waals surface area contributed by atoms with Gasteiger partial charge in [0.15, 0.2) is 0 Å². The summed E-state index contributed by atoms with van der Waals surface area (Å²) in [5, 5.41) is 4.79. The molecule has 3 N–H and O–H groups in total. The fraction of sp³-hybridized carbons (Fsp3) is 0.100. The molecule has 3 rings (SSSR count). The molecule has 0 spiro atoms. The Hall–Kier alpha value is -3.95. The minimum absolute atomic E-state index is 0.0192. The van der Waals surface area contributed by atoms with E-state index in [1.807, 2.05) is 4.98 Å². The third-order valence-electron chi connectivity index (χ3n) is 4.18. The molecule has 0 bridgehead atoms. The van der Waals surface area contributed by atoms with Gasteiger partial charge in [0.1, 0.15) is 5.69 Å². The molecule has 0 saturated heterocycles. The quantitative estimate of drug-likeness (QED) is 0.605. The summed E-state index contributed by atoms with van der Waals surface area (Å²) >= 11 is 0. The van der Waals surface area contributed by atoms with Crippen molar-refractivity contribution in [2.75, 3.05) is 10.6 Å². The van der Waals surface area contributed by atoms with Gasteiger partial charge in [0.05, 0.1) is 16.8 Å². The van der Waals surface area contributed by atoms with E-state index in [0.717, 1.165) is 0 Å². The number of amides is 2. The lowest BCUT2D eigenvalue weighted by Gasteiger charge is -2.14. The molecule has 0 aliphatic rings. The van der Waals surface area contributed by atoms with Crippen LogP contribution in [0.15, 0.2) is 59.8 Å². The molecule has 3 aromatic rings. The molecule has 0 atom stereocenters. The van der Waals surface area contributed by atoms with Crippen molar-refractivity contribution in [1.29, 1.82) is 0 Å². The van der Waals surface area contributed by atoms with Crippen molar-refractivity contribution in [3.63, 3.8) is 0 Å². The number of aromatic nitrogens is 2. The first-order chi connectivity index (χ1) is 14.2. The number of alkyl halides is 3. The molecule has 7 nitrogen and oxygen atoms in total. The summed E-state index contributed by atoms with van der Waals surface area (Å²) in [5.74, 6) is -1.36. The van der Waals surface area contributed by atoms with Crippen LogP contribution >= 0.6 is 0 Å². The van der Waals surface area contributed by atoms with E-state index in [1.165, 1.54) is 30.6 Å². The van der Waals surface area contributed by atoms with Crippen LogP contribution in [0.3, 0.4) is 0 Å². The smallest absolute Gasteiger partial charge is 0.327 e. The zero-order valence-electron chi connectivity index (χ0n) is 15.5. The molecule has 154 valence electrons. The molecule has 1 aromatic carbocycles. The predicted molar refractivity (Wildman–Crippen MR) is 103 cm³/mol. The standard InChI is InChI=1S/C20H15F3N4O3/c1-11-3-2-4-14(16(11)27-17(28)12-5-7-24-8-6-12)18(29)26-15-9-13(20(21,22)23)10-25-19(15)30/h2-10H,1H3,(H,25,30)(H,26,29)(H,27,28). The molecule has 10 heteroatoms. The van der Waals surface area contributed by atoms with Gasteiger partial charge in [-0.05, 0) is 36.8 Å². The van der Waals surface area contributed by atoms with Crippen LogP contribution in [0.5, 0.6) is 0 Å². The Morgan fingerprint density at radius 2 is 1.73 bits per heavy atom. The normalized spacial score (nSPS) is 11.1. The maximum Gasteiger partial charge on any atom is 0.417 e. The van der Waals surface area contributed by atoms with Crippen LogP contribution in [0.25, 0.3) is 0 Å². The number of rotatable bonds is 4. The van der Waals surface area contributed by atoms with Crippen molar-refractivity contribution in [1.82, 2.24) is 9.97 Å². The van der Waals surface area contributed by atoms with E-state index in [0.29, 0.717) is 23.4 Å². The first-order valence-electron chi connectivity index (χ1n) is 8.59. The Morgan fingerprint density at radius 1 is 1.03 bits per heavy atom. The largest absolute Gasteiger partial charge is 0.417 e. The second-order valence-corrected chi connectivity index (χ2v) is 6.27. The molecule has 30 heavy (non-hydrogen) atoms. The first-order valence-corrected chi connectivity index (χ1v) is 8.59. The van der Waals surface area contributed by atoms with Crippen LogP contribution < -0.4 is 16.2 Å². The lowest BCUT2D eigenvalue weighted by molar-refractivity contribution is -0.137. The number of halogens is 3. The maximum atomic E-state index is 12.9. The summed E-state index contributed by atoms with van der Waals surface area (Å²) < 4.78 is 38.7. The minimum Gasteiger partial charge on any atom is -0.327 e. The summed E-state index contributed by atoms with van der Waals surface area (Å²) in [4.78, 5) is 42.8. The average Bonchev–Trinajstić information content (AvgIpc) is 2.70. The zero-order chi connectivity index (χ0) is 21.9. The van der Waals surface area contributed by atoms with Gasteiger partial charge in [0.25, 0.3) is 17.4 Å². The van der Waals surface area contributed by atoms with E-state index in [2.05, 4.69) is 15.6 Å². The summed E-state index contributed by atoms with van der Waals surface area (Å²) in [6, 6.07) is 8.08. The van der Waals surface area contributed by atoms with Crippen LogP contribution in [0, 0.1) is 6.92 Å². The highest BCUT2D eigenvalue weighted by Crippen LogP contribution is 2.29. The van der Waals surface area contributed by atoms with Crippen LogP contribution in [0.4, 0.5) is 24.5 Å². The number of anilines is 2. The van der Waals surface area contributed by atoms with E-state index >= 15 is 0 Å². The van der Waals surface area contributed by atoms with Crippen molar-refractivity contribution in [3.05, 3.63) is 87.6 Å². The second-order valence-electron chi connectivity index (χ2n) is 6.27. The van der Waals surface area contributed by atoms with Crippen molar-refractivity contribution < 1.29 is 22.8 Å². The van der Waals surface area contributed by atoms with Crippen molar-refractivity contribution in [2.45, 2.75) is 13.1 Å².